The summed E-state index contributed by atoms with van der Waals surface area (Å²) in [5.41, 5.74) is 0.951. The van der Waals surface area contributed by atoms with Crippen LogP contribution in [0.3, 0.4) is 0 Å². The number of aromatic nitrogens is 1. The second-order valence-corrected chi connectivity index (χ2v) is 11.2. The average molecular weight is 471 g/mol. The number of likely N-dealkylation sites (tertiary alicyclic amines) is 1. The third-order valence-corrected chi connectivity index (χ3v) is 8.49. The van der Waals surface area contributed by atoms with Crippen molar-refractivity contribution in [2.75, 3.05) is 17.8 Å². The highest BCUT2D eigenvalue weighted by molar-refractivity contribution is 7.92. The van der Waals surface area contributed by atoms with E-state index < -0.39 is 10.0 Å². The van der Waals surface area contributed by atoms with Crippen LogP contribution in [0.2, 0.25) is 0 Å². The molecule has 0 unspecified atom stereocenters. The highest BCUT2D eigenvalue weighted by atomic mass is 32.2. The van der Waals surface area contributed by atoms with Crippen molar-refractivity contribution in [3.8, 4) is 0 Å². The maximum atomic E-state index is 13.0. The summed E-state index contributed by atoms with van der Waals surface area (Å²) in [4.78, 5) is 27.7. The number of nitrogens with one attached hydrogen (secondary N) is 2. The predicted molar refractivity (Wildman–Crippen MR) is 126 cm³/mol. The highest BCUT2D eigenvalue weighted by Crippen LogP contribution is 2.39. The van der Waals surface area contributed by atoms with Crippen molar-refractivity contribution in [2.24, 2.45) is 5.92 Å². The standard InChI is InChI=1S/C24H30N4O4S/c29-22-12-11-21(26-33(31,32)20-9-5-2-6-10-20)23-18-13-17(15-28(22)23)14-27(16-18)24(30)25-19-7-3-1-4-8-19/h2,5-6,9-12,17-19,26H,1,3-4,7-8,13-16H2,(H,25,30)/t17-,18+/m0/s1. The lowest BCUT2D eigenvalue weighted by Gasteiger charge is -2.43. The Balaban J connectivity index is 1.40. The minimum Gasteiger partial charge on any atom is -0.335 e. The molecule has 2 aromatic rings. The van der Waals surface area contributed by atoms with Crippen LogP contribution >= 0.6 is 0 Å². The van der Waals surface area contributed by atoms with Crippen LogP contribution in [-0.2, 0) is 16.6 Å². The minimum absolute atomic E-state index is 0.0465. The number of sulfonamides is 1. The van der Waals surface area contributed by atoms with Crippen LogP contribution in [0.5, 0.6) is 0 Å². The number of amides is 2. The summed E-state index contributed by atoms with van der Waals surface area (Å²) in [6.45, 7) is 1.57. The van der Waals surface area contributed by atoms with Crippen LogP contribution in [-0.4, -0.2) is 43.0 Å². The number of benzene rings is 1. The molecule has 3 aliphatic rings. The second kappa shape index (κ2) is 8.85. The van der Waals surface area contributed by atoms with Crippen molar-refractivity contribution in [3.63, 3.8) is 0 Å². The van der Waals surface area contributed by atoms with Gasteiger partial charge in [-0.3, -0.25) is 9.52 Å². The Morgan fingerprint density at radius 2 is 1.70 bits per heavy atom. The zero-order valence-corrected chi connectivity index (χ0v) is 19.4. The first-order chi connectivity index (χ1) is 15.9. The van der Waals surface area contributed by atoms with Gasteiger partial charge in [-0.2, -0.15) is 0 Å². The van der Waals surface area contributed by atoms with Crippen molar-refractivity contribution in [1.82, 2.24) is 14.8 Å². The highest BCUT2D eigenvalue weighted by Gasteiger charge is 2.38. The van der Waals surface area contributed by atoms with E-state index in [9.17, 15) is 18.0 Å². The van der Waals surface area contributed by atoms with E-state index in [1.54, 1.807) is 28.8 Å². The molecular formula is C24H30N4O4S. The van der Waals surface area contributed by atoms with Gasteiger partial charge in [0.1, 0.15) is 0 Å². The molecule has 8 nitrogen and oxygen atoms in total. The molecule has 1 saturated heterocycles. The number of nitrogens with zero attached hydrogens (tertiary/aromatic N) is 2. The van der Waals surface area contributed by atoms with Gasteiger partial charge in [0.15, 0.2) is 0 Å². The van der Waals surface area contributed by atoms with E-state index in [2.05, 4.69) is 10.0 Å². The number of carbonyl (C=O) groups is 1. The number of urea groups is 1. The molecule has 2 aliphatic heterocycles. The lowest BCUT2D eigenvalue weighted by Crippen LogP contribution is -2.53. The van der Waals surface area contributed by atoms with Crippen molar-refractivity contribution in [2.45, 2.75) is 61.9 Å². The molecule has 0 radical (unpaired) electrons. The lowest BCUT2D eigenvalue weighted by atomic mass is 9.82. The van der Waals surface area contributed by atoms with Gasteiger partial charge in [0.05, 0.1) is 16.3 Å². The molecule has 2 atom stereocenters. The van der Waals surface area contributed by atoms with Gasteiger partial charge in [-0.1, -0.05) is 37.5 Å². The molecule has 0 spiro atoms. The summed E-state index contributed by atoms with van der Waals surface area (Å²) in [5.74, 6) is 0.0732. The number of carbonyl (C=O) groups excluding carboxylic acids is 1. The van der Waals surface area contributed by atoms with Gasteiger partial charge in [0.25, 0.3) is 15.6 Å². The monoisotopic (exact) mass is 470 g/mol. The smallest absolute Gasteiger partial charge is 0.317 e. The molecule has 176 valence electrons. The average Bonchev–Trinajstić information content (AvgIpc) is 2.82. The number of hydrogen-bond acceptors (Lipinski definition) is 4. The Hall–Kier alpha value is -2.81. The molecule has 2 amide bonds. The van der Waals surface area contributed by atoms with Gasteiger partial charge in [-0.25, -0.2) is 13.2 Å². The van der Waals surface area contributed by atoms with Gasteiger partial charge in [0.2, 0.25) is 0 Å². The maximum Gasteiger partial charge on any atom is 0.317 e. The fourth-order valence-corrected chi connectivity index (χ4v) is 6.68. The fraction of sp³-hybridized carbons (Fsp3) is 0.500. The Morgan fingerprint density at radius 3 is 2.45 bits per heavy atom. The fourth-order valence-electron chi connectivity index (χ4n) is 5.58. The van der Waals surface area contributed by atoms with Crippen LogP contribution in [0.15, 0.2) is 52.2 Å². The Morgan fingerprint density at radius 1 is 0.939 bits per heavy atom. The normalized spacial score (nSPS) is 23.0. The third kappa shape index (κ3) is 4.51. The van der Waals surface area contributed by atoms with Gasteiger partial charge in [0, 0.05) is 37.7 Å². The van der Waals surface area contributed by atoms with E-state index in [0.29, 0.717) is 31.0 Å². The van der Waals surface area contributed by atoms with E-state index in [0.717, 1.165) is 32.1 Å². The van der Waals surface area contributed by atoms with Crippen LogP contribution < -0.4 is 15.6 Å². The number of pyridine rings is 1. The SMILES string of the molecule is O=C(NC1CCCCC1)N1C[C@@H]2C[C@H](C1)c1c(NS(=O)(=O)c3ccccc3)ccc(=O)n1C2. The Labute approximate surface area is 194 Å². The Kier molecular flexibility index (Phi) is 5.90. The predicted octanol–water partition coefficient (Wildman–Crippen LogP) is 3.11. The first-order valence-electron chi connectivity index (χ1n) is 11.8. The molecule has 1 aliphatic carbocycles. The van der Waals surface area contributed by atoms with E-state index >= 15 is 0 Å². The summed E-state index contributed by atoms with van der Waals surface area (Å²) < 4.78 is 30.3. The number of rotatable bonds is 4. The van der Waals surface area contributed by atoms with Crippen LogP contribution in [0.4, 0.5) is 10.5 Å². The number of fused-ring (bicyclic) bond motifs is 4. The molecule has 1 saturated carbocycles. The third-order valence-electron chi connectivity index (χ3n) is 7.11. The summed E-state index contributed by atoms with van der Waals surface area (Å²) >= 11 is 0. The van der Waals surface area contributed by atoms with Crippen LogP contribution in [0, 0.1) is 5.92 Å². The number of hydrogen-bond donors (Lipinski definition) is 2. The molecule has 9 heteroatoms. The van der Waals surface area contributed by atoms with Crippen LogP contribution in [0.25, 0.3) is 0 Å². The summed E-state index contributed by atoms with van der Waals surface area (Å²) in [5, 5.41) is 3.19. The summed E-state index contributed by atoms with van der Waals surface area (Å²) in [7, 11) is -3.79. The maximum absolute atomic E-state index is 13.0. The zero-order chi connectivity index (χ0) is 23.0. The van der Waals surface area contributed by atoms with Gasteiger partial charge < -0.3 is 14.8 Å². The molecule has 2 fully saturated rings. The molecule has 2 N–H and O–H groups in total. The second-order valence-electron chi connectivity index (χ2n) is 9.49. The van der Waals surface area contributed by atoms with Crippen LogP contribution in [0.1, 0.15) is 50.1 Å². The molecule has 3 heterocycles. The van der Waals surface area contributed by atoms with Crippen molar-refractivity contribution in [3.05, 3.63) is 58.5 Å². The number of anilines is 1. The summed E-state index contributed by atoms with van der Waals surface area (Å²) in [6.07, 6.45) is 6.41. The molecule has 1 aromatic heterocycles. The molecule has 2 bridgehead atoms. The zero-order valence-electron chi connectivity index (χ0n) is 18.6. The van der Waals surface area contributed by atoms with E-state index in [1.807, 2.05) is 4.90 Å². The molecule has 5 rings (SSSR count). The number of piperidine rings is 1. The minimum atomic E-state index is -3.79. The Bertz CT molecular complexity index is 1190. The first kappa shape index (κ1) is 22.0. The summed E-state index contributed by atoms with van der Waals surface area (Å²) in [6, 6.07) is 11.3. The molecular weight excluding hydrogens is 440 g/mol. The van der Waals surface area contributed by atoms with Crippen molar-refractivity contribution >= 4 is 21.7 Å². The quantitative estimate of drug-likeness (QED) is 0.717. The topological polar surface area (TPSA) is 101 Å². The molecule has 1 aromatic carbocycles. The van der Waals surface area contributed by atoms with Crippen molar-refractivity contribution < 1.29 is 13.2 Å². The largest absolute Gasteiger partial charge is 0.335 e. The van der Waals surface area contributed by atoms with Gasteiger partial charge >= 0.3 is 6.03 Å². The lowest BCUT2D eigenvalue weighted by molar-refractivity contribution is 0.128. The van der Waals surface area contributed by atoms with E-state index in [4.69, 9.17) is 0 Å². The van der Waals surface area contributed by atoms with Crippen molar-refractivity contribution in [1.29, 1.82) is 0 Å². The van der Waals surface area contributed by atoms with E-state index in [1.165, 1.54) is 24.6 Å². The van der Waals surface area contributed by atoms with Gasteiger partial charge in [-0.15, -0.1) is 0 Å². The first-order valence-corrected chi connectivity index (χ1v) is 13.3. The molecule has 33 heavy (non-hydrogen) atoms. The van der Waals surface area contributed by atoms with E-state index in [-0.39, 0.29) is 34.4 Å². The van der Waals surface area contributed by atoms with Gasteiger partial charge in [-0.05, 0) is 43.4 Å².